The number of hydrogen-bond donors (Lipinski definition) is 1. The van der Waals surface area contributed by atoms with Crippen molar-refractivity contribution in [1.82, 2.24) is 5.32 Å². The maximum atomic E-state index is 9.88. The van der Waals surface area contributed by atoms with E-state index < -0.39 is 6.23 Å². The minimum absolute atomic E-state index is 0.00542. The Morgan fingerprint density at radius 2 is 2.21 bits per heavy atom. The molecular weight excluding hydrogens is 188 g/mol. The first-order chi connectivity index (χ1) is 6.78. The largest absolute Gasteiger partial charge is 0.359 e. The van der Waals surface area contributed by atoms with Gasteiger partial charge in [0.2, 0.25) is 0 Å². The quantitative estimate of drug-likeness (QED) is 0.346. The van der Waals surface area contributed by atoms with E-state index in [0.717, 1.165) is 6.42 Å². The summed E-state index contributed by atoms with van der Waals surface area (Å²) in [5.41, 5.74) is 0. The van der Waals surface area contributed by atoms with Crippen LogP contribution in [-0.2, 0) is 14.3 Å². The Labute approximate surface area is 83.8 Å². The molecule has 0 aliphatic heterocycles. The summed E-state index contributed by atoms with van der Waals surface area (Å²) in [6.07, 6.45) is 0.967. The molecule has 0 aliphatic rings. The molecule has 0 fully saturated rings. The Kier molecular flexibility index (Phi) is 8.40. The van der Waals surface area contributed by atoms with E-state index in [2.05, 4.69) is 15.5 Å². The number of nitrogens with one attached hydrogen (secondary N) is 1. The van der Waals surface area contributed by atoms with Gasteiger partial charge in [0.1, 0.15) is 6.79 Å². The summed E-state index contributed by atoms with van der Waals surface area (Å²) in [5, 5.41) is 5.18. The van der Waals surface area contributed by atoms with Crippen molar-refractivity contribution in [3.8, 4) is 0 Å². The molecule has 0 saturated carbocycles. The first-order valence-electron chi connectivity index (χ1n) is 4.54. The normalized spacial score (nSPS) is 14.8. The summed E-state index contributed by atoms with van der Waals surface area (Å²) >= 11 is 0. The van der Waals surface area contributed by atoms with Gasteiger partial charge >= 0.3 is 0 Å². The summed E-state index contributed by atoms with van der Waals surface area (Å²) in [7, 11) is 3.25. The van der Waals surface area contributed by atoms with E-state index in [1.807, 2.05) is 6.92 Å². The van der Waals surface area contributed by atoms with E-state index in [4.69, 9.17) is 9.47 Å². The molecule has 0 heterocycles. The zero-order valence-corrected chi connectivity index (χ0v) is 8.86. The van der Waals surface area contributed by atoms with E-state index in [1.165, 1.54) is 0 Å². The van der Waals surface area contributed by atoms with Crippen LogP contribution in [0.3, 0.4) is 0 Å². The van der Waals surface area contributed by atoms with Gasteiger partial charge in [-0.2, -0.15) is 0 Å². The van der Waals surface area contributed by atoms with Crippen LogP contribution in [0, 0.1) is 4.91 Å². The summed E-state index contributed by atoms with van der Waals surface area (Å²) in [5.74, 6) is 0. The summed E-state index contributed by atoms with van der Waals surface area (Å²) in [6.45, 7) is 2.23. The van der Waals surface area contributed by atoms with Crippen LogP contribution in [-0.4, -0.2) is 33.3 Å². The number of rotatable bonds is 9. The van der Waals surface area contributed by atoms with Gasteiger partial charge in [-0.3, -0.25) is 5.32 Å². The number of nitrogens with zero attached hydrogens (tertiary/aromatic N) is 1. The molecule has 0 bridgehead atoms. The first kappa shape index (κ1) is 13.3. The van der Waals surface area contributed by atoms with Gasteiger partial charge in [-0.25, -0.2) is 0 Å². The van der Waals surface area contributed by atoms with E-state index in [-0.39, 0.29) is 12.9 Å². The third-order valence-corrected chi connectivity index (χ3v) is 1.85. The van der Waals surface area contributed by atoms with E-state index in [9.17, 15) is 4.91 Å². The van der Waals surface area contributed by atoms with Gasteiger partial charge in [0.25, 0.3) is 0 Å². The number of ether oxygens (including phenoxy) is 2. The lowest BCUT2D eigenvalue weighted by Crippen LogP contribution is -2.32. The molecule has 14 heavy (non-hydrogen) atoms. The maximum absolute atomic E-state index is 9.88. The van der Waals surface area contributed by atoms with Crippen LogP contribution < -0.4 is 5.32 Å². The van der Waals surface area contributed by atoms with Crippen molar-refractivity contribution in [3.05, 3.63) is 4.91 Å². The van der Waals surface area contributed by atoms with Crippen LogP contribution in [0.25, 0.3) is 0 Å². The molecule has 0 saturated heterocycles. The van der Waals surface area contributed by atoms with Crippen LogP contribution in [0.1, 0.15) is 19.8 Å². The van der Waals surface area contributed by atoms with Crippen molar-refractivity contribution in [3.63, 3.8) is 0 Å². The smallest absolute Gasteiger partial charge is 0.184 e. The van der Waals surface area contributed by atoms with Crippen LogP contribution in [0.4, 0.5) is 0 Å². The molecule has 2 atom stereocenters. The Balaban J connectivity index is 3.80. The monoisotopic (exact) mass is 206 g/mol. The highest BCUT2D eigenvalue weighted by Crippen LogP contribution is 2.08. The lowest BCUT2D eigenvalue weighted by molar-refractivity contribution is -0.0948. The van der Waals surface area contributed by atoms with Crippen LogP contribution in [0.15, 0.2) is 5.34 Å². The van der Waals surface area contributed by atoms with Gasteiger partial charge in [0, 0.05) is 13.5 Å². The second kappa shape index (κ2) is 8.86. The summed E-state index contributed by atoms with van der Waals surface area (Å²) < 4.78 is 10.1. The fourth-order valence-electron chi connectivity index (χ4n) is 1.02. The predicted molar refractivity (Wildman–Crippen MR) is 51.4 cm³/mol. The van der Waals surface area contributed by atoms with Crippen molar-refractivity contribution in [2.45, 2.75) is 32.1 Å². The minimum atomic E-state index is -0.408. The fraction of sp³-hybridized carbons (Fsp3) is 1.00. The van der Waals surface area contributed by atoms with Gasteiger partial charge in [0.05, 0.1) is 6.10 Å². The standard InChI is InChI=1S/C8H18N2O4/c1-4-7(13-6-12-3)5-8(9-2)14-10-11/h7-9H,4-6H2,1-3H3. The Bertz CT molecular complexity index is 145. The molecule has 6 nitrogen and oxygen atoms in total. The molecule has 0 aliphatic carbocycles. The maximum Gasteiger partial charge on any atom is 0.184 e. The van der Waals surface area contributed by atoms with Crippen molar-refractivity contribution in [2.24, 2.45) is 5.34 Å². The topological polar surface area (TPSA) is 69.2 Å². The molecule has 0 aromatic carbocycles. The fourth-order valence-corrected chi connectivity index (χ4v) is 1.02. The molecule has 0 rings (SSSR count). The van der Waals surface area contributed by atoms with E-state index in [0.29, 0.717) is 6.42 Å². The summed E-state index contributed by atoms with van der Waals surface area (Å²) in [6, 6.07) is 0. The number of hydrogen-bond acceptors (Lipinski definition) is 6. The molecule has 0 aromatic rings. The predicted octanol–water partition coefficient (Wildman–Crippen LogP) is 1.02. The van der Waals surface area contributed by atoms with Crippen molar-refractivity contribution < 1.29 is 14.3 Å². The second-order valence-electron chi connectivity index (χ2n) is 2.80. The van der Waals surface area contributed by atoms with Gasteiger partial charge in [-0.05, 0) is 13.5 Å². The third kappa shape index (κ3) is 5.85. The average molecular weight is 206 g/mol. The molecule has 1 N–H and O–H groups in total. The molecule has 0 radical (unpaired) electrons. The lowest BCUT2D eigenvalue weighted by atomic mass is 10.2. The average Bonchev–Trinajstić information content (AvgIpc) is 2.22. The Morgan fingerprint density at radius 1 is 1.50 bits per heavy atom. The van der Waals surface area contributed by atoms with Crippen LogP contribution in [0.2, 0.25) is 0 Å². The van der Waals surface area contributed by atoms with Gasteiger partial charge in [-0.1, -0.05) is 6.92 Å². The molecule has 0 spiro atoms. The second-order valence-corrected chi connectivity index (χ2v) is 2.80. The molecule has 0 aromatic heterocycles. The summed E-state index contributed by atoms with van der Waals surface area (Å²) in [4.78, 5) is 14.4. The molecule has 2 unspecified atom stereocenters. The Hall–Kier alpha value is -0.720. The minimum Gasteiger partial charge on any atom is -0.359 e. The molecule has 0 amide bonds. The third-order valence-electron chi connectivity index (χ3n) is 1.85. The number of methoxy groups -OCH3 is 1. The highest BCUT2D eigenvalue weighted by molar-refractivity contribution is 4.61. The highest BCUT2D eigenvalue weighted by atomic mass is 16.7. The lowest BCUT2D eigenvalue weighted by Gasteiger charge is -2.19. The van der Waals surface area contributed by atoms with Crippen molar-refractivity contribution >= 4 is 0 Å². The Morgan fingerprint density at radius 3 is 2.64 bits per heavy atom. The van der Waals surface area contributed by atoms with Gasteiger partial charge in [-0.15, -0.1) is 4.91 Å². The van der Waals surface area contributed by atoms with Gasteiger partial charge in [0.15, 0.2) is 11.6 Å². The molecular formula is C8H18N2O4. The SMILES string of the molecule is CCC(CC(NC)ON=O)OCOC. The highest BCUT2D eigenvalue weighted by Gasteiger charge is 2.15. The van der Waals surface area contributed by atoms with Crippen molar-refractivity contribution in [2.75, 3.05) is 21.0 Å². The van der Waals surface area contributed by atoms with Crippen molar-refractivity contribution in [1.29, 1.82) is 0 Å². The molecule has 6 heteroatoms. The molecule has 84 valence electrons. The first-order valence-corrected chi connectivity index (χ1v) is 4.54. The van der Waals surface area contributed by atoms with E-state index in [1.54, 1.807) is 14.2 Å². The van der Waals surface area contributed by atoms with Crippen LogP contribution >= 0.6 is 0 Å². The zero-order chi connectivity index (χ0) is 10.8. The van der Waals surface area contributed by atoms with Crippen LogP contribution in [0.5, 0.6) is 0 Å². The van der Waals surface area contributed by atoms with E-state index >= 15 is 0 Å². The van der Waals surface area contributed by atoms with Gasteiger partial charge < -0.3 is 14.3 Å². The zero-order valence-electron chi connectivity index (χ0n) is 8.86.